The SMILES string of the molecule is Cc1cc(C(=O)c2cncc(F)c2)cs1. The lowest BCUT2D eigenvalue weighted by molar-refractivity contribution is 0.103. The van der Waals surface area contributed by atoms with Crippen molar-refractivity contribution in [1.29, 1.82) is 0 Å². The maximum Gasteiger partial charge on any atom is 0.195 e. The lowest BCUT2D eigenvalue weighted by Crippen LogP contribution is -2.00. The first kappa shape index (κ1) is 9.98. The molecule has 0 atom stereocenters. The normalized spacial score (nSPS) is 10.3. The molecule has 2 nitrogen and oxygen atoms in total. The zero-order chi connectivity index (χ0) is 10.8. The van der Waals surface area contributed by atoms with Gasteiger partial charge in [-0.25, -0.2) is 4.39 Å². The van der Waals surface area contributed by atoms with Crippen molar-refractivity contribution in [3.05, 3.63) is 51.7 Å². The number of hydrogen-bond acceptors (Lipinski definition) is 3. The average Bonchev–Trinajstić information content (AvgIpc) is 2.64. The van der Waals surface area contributed by atoms with Crippen molar-refractivity contribution in [3.8, 4) is 0 Å². The zero-order valence-electron chi connectivity index (χ0n) is 8.03. The van der Waals surface area contributed by atoms with E-state index in [1.165, 1.54) is 23.6 Å². The van der Waals surface area contributed by atoms with Gasteiger partial charge in [0.25, 0.3) is 0 Å². The molecule has 0 aliphatic carbocycles. The van der Waals surface area contributed by atoms with Gasteiger partial charge in [-0.3, -0.25) is 9.78 Å². The van der Waals surface area contributed by atoms with Gasteiger partial charge in [0.2, 0.25) is 0 Å². The van der Waals surface area contributed by atoms with Crippen molar-refractivity contribution >= 4 is 17.1 Å². The van der Waals surface area contributed by atoms with Crippen LogP contribution in [0.3, 0.4) is 0 Å². The van der Waals surface area contributed by atoms with Gasteiger partial charge in [0.05, 0.1) is 6.20 Å². The summed E-state index contributed by atoms with van der Waals surface area (Å²) in [5.41, 5.74) is 0.873. The number of rotatable bonds is 2. The van der Waals surface area contributed by atoms with Gasteiger partial charge in [-0.15, -0.1) is 11.3 Å². The summed E-state index contributed by atoms with van der Waals surface area (Å²) in [6.07, 6.45) is 2.45. The predicted molar refractivity (Wildman–Crippen MR) is 56.7 cm³/mol. The van der Waals surface area contributed by atoms with Crippen molar-refractivity contribution in [2.45, 2.75) is 6.92 Å². The molecule has 2 aromatic heterocycles. The van der Waals surface area contributed by atoms with Crippen molar-refractivity contribution in [3.63, 3.8) is 0 Å². The van der Waals surface area contributed by atoms with Crippen LogP contribution in [0.25, 0.3) is 0 Å². The van der Waals surface area contributed by atoms with E-state index in [1.54, 1.807) is 11.4 Å². The van der Waals surface area contributed by atoms with E-state index in [4.69, 9.17) is 0 Å². The van der Waals surface area contributed by atoms with Gasteiger partial charge < -0.3 is 0 Å². The molecule has 2 aromatic rings. The van der Waals surface area contributed by atoms with Crippen LogP contribution in [-0.4, -0.2) is 10.8 Å². The van der Waals surface area contributed by atoms with Crippen LogP contribution in [0, 0.1) is 12.7 Å². The van der Waals surface area contributed by atoms with E-state index < -0.39 is 5.82 Å². The molecular formula is C11H8FNOS. The second kappa shape index (κ2) is 3.90. The highest BCUT2D eigenvalue weighted by Crippen LogP contribution is 2.17. The van der Waals surface area contributed by atoms with Crippen LogP contribution in [-0.2, 0) is 0 Å². The first-order valence-corrected chi connectivity index (χ1v) is 5.25. The maximum atomic E-state index is 12.8. The zero-order valence-corrected chi connectivity index (χ0v) is 8.84. The molecule has 0 unspecified atom stereocenters. The van der Waals surface area contributed by atoms with E-state index in [0.717, 1.165) is 11.1 Å². The van der Waals surface area contributed by atoms with Gasteiger partial charge in [-0.2, -0.15) is 0 Å². The fourth-order valence-electron chi connectivity index (χ4n) is 1.27. The highest BCUT2D eigenvalue weighted by atomic mass is 32.1. The Labute approximate surface area is 90.4 Å². The molecule has 2 rings (SSSR count). The molecule has 0 spiro atoms. The van der Waals surface area contributed by atoms with Gasteiger partial charge in [0.15, 0.2) is 5.78 Å². The van der Waals surface area contributed by atoms with Crippen LogP contribution < -0.4 is 0 Å². The van der Waals surface area contributed by atoms with Crippen molar-refractivity contribution in [1.82, 2.24) is 4.98 Å². The summed E-state index contributed by atoms with van der Waals surface area (Å²) in [6.45, 7) is 1.92. The monoisotopic (exact) mass is 221 g/mol. The second-order valence-corrected chi connectivity index (χ2v) is 4.28. The minimum Gasteiger partial charge on any atom is -0.289 e. The fraction of sp³-hybridized carbons (Fsp3) is 0.0909. The standard InChI is InChI=1S/C11H8FNOS/c1-7-2-9(6-15-7)11(14)8-3-10(12)5-13-4-8/h2-6H,1H3. The van der Waals surface area contributed by atoms with Gasteiger partial charge in [0, 0.05) is 27.6 Å². The smallest absolute Gasteiger partial charge is 0.195 e. The van der Waals surface area contributed by atoms with Crippen LogP contribution >= 0.6 is 11.3 Å². The van der Waals surface area contributed by atoms with Crippen LogP contribution in [0.1, 0.15) is 20.8 Å². The molecule has 0 saturated carbocycles. The summed E-state index contributed by atoms with van der Waals surface area (Å²) in [4.78, 5) is 16.5. The Morgan fingerprint density at radius 3 is 2.73 bits per heavy atom. The Balaban J connectivity index is 2.36. The molecule has 0 aliphatic rings. The minimum absolute atomic E-state index is 0.189. The summed E-state index contributed by atoms with van der Waals surface area (Å²) in [6, 6.07) is 2.99. The number of aromatic nitrogens is 1. The number of carbonyl (C=O) groups excluding carboxylic acids is 1. The molecule has 0 radical (unpaired) electrons. The third kappa shape index (κ3) is 2.10. The molecule has 4 heteroatoms. The first-order chi connectivity index (χ1) is 7.16. The molecule has 0 aromatic carbocycles. The number of aryl methyl sites for hydroxylation is 1. The van der Waals surface area contributed by atoms with Crippen LogP contribution in [0.4, 0.5) is 4.39 Å². The number of thiophene rings is 1. The van der Waals surface area contributed by atoms with Gasteiger partial charge in [0.1, 0.15) is 5.82 Å². The number of hydrogen-bond donors (Lipinski definition) is 0. The Kier molecular flexibility index (Phi) is 2.60. The maximum absolute atomic E-state index is 12.8. The number of halogens is 1. The topological polar surface area (TPSA) is 30.0 Å². The molecule has 76 valence electrons. The van der Waals surface area contributed by atoms with Gasteiger partial charge in [-0.1, -0.05) is 0 Å². The lowest BCUT2D eigenvalue weighted by atomic mass is 10.1. The predicted octanol–water partition coefficient (Wildman–Crippen LogP) is 2.82. The van der Waals surface area contributed by atoms with Crippen molar-refractivity contribution < 1.29 is 9.18 Å². The van der Waals surface area contributed by atoms with E-state index in [2.05, 4.69) is 4.98 Å². The molecule has 0 amide bonds. The summed E-state index contributed by atoms with van der Waals surface area (Å²) < 4.78 is 12.8. The van der Waals surface area contributed by atoms with Gasteiger partial charge >= 0.3 is 0 Å². The quantitative estimate of drug-likeness (QED) is 0.730. The lowest BCUT2D eigenvalue weighted by Gasteiger charge is -1.96. The second-order valence-electron chi connectivity index (χ2n) is 3.17. The first-order valence-electron chi connectivity index (χ1n) is 4.37. The molecule has 0 saturated heterocycles. The highest BCUT2D eigenvalue weighted by Gasteiger charge is 2.11. The minimum atomic E-state index is -0.493. The summed E-state index contributed by atoms with van der Waals surface area (Å²) in [5.74, 6) is -0.681. The Hall–Kier alpha value is -1.55. The molecule has 0 N–H and O–H groups in total. The summed E-state index contributed by atoms with van der Waals surface area (Å²) >= 11 is 1.50. The molecular weight excluding hydrogens is 213 g/mol. The van der Waals surface area contributed by atoms with E-state index in [1.807, 2.05) is 6.92 Å². The Bertz CT molecular complexity index is 507. The summed E-state index contributed by atoms with van der Waals surface area (Å²) in [5, 5.41) is 1.77. The third-order valence-corrected chi connectivity index (χ3v) is 2.82. The molecule has 2 heterocycles. The van der Waals surface area contributed by atoms with E-state index in [-0.39, 0.29) is 11.3 Å². The Morgan fingerprint density at radius 1 is 1.33 bits per heavy atom. The van der Waals surface area contributed by atoms with Crippen LogP contribution in [0.15, 0.2) is 29.9 Å². The molecule has 0 fully saturated rings. The van der Waals surface area contributed by atoms with E-state index >= 15 is 0 Å². The molecule has 0 aliphatic heterocycles. The molecule has 15 heavy (non-hydrogen) atoms. The average molecular weight is 221 g/mol. The number of nitrogens with zero attached hydrogens (tertiary/aromatic N) is 1. The van der Waals surface area contributed by atoms with Crippen molar-refractivity contribution in [2.75, 3.05) is 0 Å². The summed E-state index contributed by atoms with van der Waals surface area (Å²) in [7, 11) is 0. The molecule has 0 bridgehead atoms. The van der Waals surface area contributed by atoms with Crippen LogP contribution in [0.5, 0.6) is 0 Å². The Morgan fingerprint density at radius 2 is 2.13 bits per heavy atom. The number of ketones is 1. The van der Waals surface area contributed by atoms with E-state index in [9.17, 15) is 9.18 Å². The highest BCUT2D eigenvalue weighted by molar-refractivity contribution is 7.10. The number of carbonyl (C=O) groups is 1. The van der Waals surface area contributed by atoms with Crippen LogP contribution in [0.2, 0.25) is 0 Å². The largest absolute Gasteiger partial charge is 0.289 e. The van der Waals surface area contributed by atoms with E-state index in [0.29, 0.717) is 5.56 Å². The third-order valence-electron chi connectivity index (χ3n) is 1.96. The van der Waals surface area contributed by atoms with Gasteiger partial charge in [-0.05, 0) is 19.1 Å². The fourth-order valence-corrected chi connectivity index (χ4v) is 1.95. The number of pyridine rings is 1. The van der Waals surface area contributed by atoms with Crippen molar-refractivity contribution in [2.24, 2.45) is 0 Å².